The predicted molar refractivity (Wildman–Crippen MR) is 142 cm³/mol. The van der Waals surface area contributed by atoms with Gasteiger partial charge in [-0.2, -0.15) is 0 Å². The van der Waals surface area contributed by atoms with Crippen LogP contribution >= 0.6 is 0 Å². The van der Waals surface area contributed by atoms with Crippen molar-refractivity contribution in [1.29, 1.82) is 0 Å². The van der Waals surface area contributed by atoms with Crippen LogP contribution in [0.4, 0.5) is 0 Å². The lowest BCUT2D eigenvalue weighted by Gasteiger charge is -2.11. The van der Waals surface area contributed by atoms with E-state index in [4.69, 9.17) is 0 Å². The summed E-state index contributed by atoms with van der Waals surface area (Å²) >= 11 is 0. The fraction of sp³-hybridized carbons (Fsp3) is 0.419. The van der Waals surface area contributed by atoms with Crippen LogP contribution in [0.15, 0.2) is 71.8 Å². The van der Waals surface area contributed by atoms with Crippen LogP contribution in [-0.4, -0.2) is 4.70 Å². The van der Waals surface area contributed by atoms with E-state index in [1.165, 1.54) is 46.2 Å². The van der Waals surface area contributed by atoms with Crippen LogP contribution in [0.3, 0.4) is 0 Å². The molecule has 3 rings (SSSR count). The second-order valence-electron chi connectivity index (χ2n) is 9.01. The normalized spacial score (nSPS) is 14.2. The van der Waals surface area contributed by atoms with Gasteiger partial charge in [0.1, 0.15) is 0 Å². The number of allylic oxidation sites excluding steroid dienone is 4. The quantitative estimate of drug-likeness (QED) is 0.232. The van der Waals surface area contributed by atoms with Gasteiger partial charge in [-0.3, -0.25) is 0 Å². The molecular weight excluding hydrogens is 400 g/mol. The molecule has 0 unspecified atom stereocenters. The zero-order valence-electron chi connectivity index (χ0n) is 21.0. The second-order valence-corrected chi connectivity index (χ2v) is 9.01. The van der Waals surface area contributed by atoms with Crippen molar-refractivity contribution in [3.05, 3.63) is 99.6 Å². The van der Waals surface area contributed by atoms with Gasteiger partial charge in [-0.15, -0.1) is 0 Å². The Balaban J connectivity index is 2.15. The van der Waals surface area contributed by atoms with E-state index in [1.54, 1.807) is 0 Å². The summed E-state index contributed by atoms with van der Waals surface area (Å²) < 4.78 is 1.47. The topological polar surface area (TPSA) is 25.3 Å². The molecular formula is C31H40N2. The molecule has 2 heteroatoms. The van der Waals surface area contributed by atoms with Crippen LogP contribution < -0.4 is 0 Å². The van der Waals surface area contributed by atoms with Gasteiger partial charge in [0.15, 0.2) is 0 Å². The van der Waals surface area contributed by atoms with E-state index in [0.717, 1.165) is 61.0 Å². The Morgan fingerprint density at radius 3 is 1.94 bits per heavy atom. The minimum absolute atomic E-state index is 0.917. The fourth-order valence-electron chi connectivity index (χ4n) is 4.58. The highest BCUT2D eigenvalue weighted by Gasteiger charge is 2.34. The number of hydrogen-bond donors (Lipinski definition) is 0. The first-order valence-corrected chi connectivity index (χ1v) is 13.0. The van der Waals surface area contributed by atoms with Crippen molar-refractivity contribution in [2.45, 2.75) is 85.5 Å². The molecule has 0 aromatic heterocycles. The molecule has 174 valence electrons. The average Bonchev–Trinajstić information content (AvgIpc) is 3.13. The van der Waals surface area contributed by atoms with Crippen LogP contribution in [0, 0.1) is 0 Å². The minimum atomic E-state index is 0.917. The molecule has 0 N–H and O–H groups in total. The Hall–Kier alpha value is -2.74. The van der Waals surface area contributed by atoms with Crippen molar-refractivity contribution >= 4 is 11.4 Å². The molecule has 0 atom stereocenters. The Kier molecular flexibility index (Phi) is 9.42. The first-order valence-electron chi connectivity index (χ1n) is 13.0. The molecule has 0 amide bonds. The van der Waals surface area contributed by atoms with Gasteiger partial charge in [0.25, 0.3) is 0 Å². The molecule has 0 bridgehead atoms. The highest BCUT2D eigenvalue weighted by molar-refractivity contribution is 5.84. The number of nitrogens with zero attached hydrogens (tertiary/aromatic N) is 2. The van der Waals surface area contributed by atoms with Gasteiger partial charge in [0, 0.05) is 16.7 Å². The lowest BCUT2D eigenvalue weighted by atomic mass is 9.94. The van der Waals surface area contributed by atoms with Crippen molar-refractivity contribution < 1.29 is 4.70 Å². The SMILES string of the molecule is CCCCCC=CC1=C(c2cccc(CC)c2)[N+](=[N-])C(c2cccc(CC)c2)=C1CCCC. The Labute approximate surface area is 201 Å². The number of benzene rings is 2. The Bertz CT molecular complexity index is 1050. The van der Waals surface area contributed by atoms with Gasteiger partial charge in [-0.25, -0.2) is 4.70 Å². The molecule has 33 heavy (non-hydrogen) atoms. The van der Waals surface area contributed by atoms with Crippen LogP contribution in [-0.2, 0) is 12.8 Å². The lowest BCUT2D eigenvalue weighted by Crippen LogP contribution is -2.03. The summed E-state index contributed by atoms with van der Waals surface area (Å²) in [4.78, 5) is 0. The third-order valence-corrected chi connectivity index (χ3v) is 6.55. The summed E-state index contributed by atoms with van der Waals surface area (Å²) in [6.07, 6.45) is 14.5. The molecule has 1 heterocycles. The highest BCUT2D eigenvalue weighted by Crippen LogP contribution is 2.43. The first-order chi connectivity index (χ1) is 16.1. The number of hydrogen-bond acceptors (Lipinski definition) is 0. The maximum absolute atomic E-state index is 11.6. The van der Waals surface area contributed by atoms with E-state index in [2.05, 4.69) is 88.4 Å². The highest BCUT2D eigenvalue weighted by atomic mass is 15.2. The van der Waals surface area contributed by atoms with E-state index in [1.807, 2.05) is 0 Å². The summed E-state index contributed by atoms with van der Waals surface area (Å²) in [5.74, 6) is 0. The molecule has 0 aliphatic carbocycles. The van der Waals surface area contributed by atoms with Gasteiger partial charge in [-0.05, 0) is 73.9 Å². The smallest absolute Gasteiger partial charge is 0.215 e. The summed E-state index contributed by atoms with van der Waals surface area (Å²) in [6.45, 7) is 8.84. The van der Waals surface area contributed by atoms with Gasteiger partial charge >= 0.3 is 0 Å². The third kappa shape index (κ3) is 5.99. The third-order valence-electron chi connectivity index (χ3n) is 6.55. The summed E-state index contributed by atoms with van der Waals surface area (Å²) in [5.41, 5.74) is 20.7. The summed E-state index contributed by atoms with van der Waals surface area (Å²) in [5, 5.41) is 0. The second kappa shape index (κ2) is 12.5. The van der Waals surface area contributed by atoms with Crippen LogP contribution in [0.1, 0.15) is 94.9 Å². The van der Waals surface area contributed by atoms with Crippen molar-refractivity contribution in [3.63, 3.8) is 0 Å². The predicted octanol–water partition coefficient (Wildman–Crippen LogP) is 9.31. The van der Waals surface area contributed by atoms with Crippen molar-refractivity contribution in [2.24, 2.45) is 0 Å². The average molecular weight is 441 g/mol. The monoisotopic (exact) mass is 440 g/mol. The lowest BCUT2D eigenvalue weighted by molar-refractivity contribution is -0.345. The maximum atomic E-state index is 11.6. The molecule has 0 fully saturated rings. The zero-order valence-corrected chi connectivity index (χ0v) is 21.0. The molecule has 0 spiro atoms. The molecule has 0 radical (unpaired) electrons. The molecule has 1 aliphatic heterocycles. The number of rotatable bonds is 12. The van der Waals surface area contributed by atoms with Gasteiger partial charge in [0.2, 0.25) is 11.4 Å². The first kappa shape index (κ1) is 24.9. The number of aryl methyl sites for hydroxylation is 2. The largest absolute Gasteiger partial charge is 0.493 e. The number of unbranched alkanes of at least 4 members (excludes halogenated alkanes) is 4. The van der Waals surface area contributed by atoms with E-state index in [-0.39, 0.29) is 0 Å². The molecule has 1 aliphatic rings. The van der Waals surface area contributed by atoms with Crippen LogP contribution in [0.2, 0.25) is 0 Å². The molecule has 2 aromatic carbocycles. The summed E-state index contributed by atoms with van der Waals surface area (Å²) in [7, 11) is 0. The van der Waals surface area contributed by atoms with Crippen LogP contribution in [0.5, 0.6) is 0 Å². The molecule has 2 nitrogen and oxygen atoms in total. The van der Waals surface area contributed by atoms with E-state index < -0.39 is 0 Å². The standard InChI is InChI=1S/C31H40N2/c1-5-9-11-12-13-21-29-28(20-10-6-2)30(26-18-14-16-24(7-3)22-26)33(32)31(29)27-19-15-17-25(8-4)23-27/h13-19,21-23H,5-12,20H2,1-4H3. The summed E-state index contributed by atoms with van der Waals surface area (Å²) in [6, 6.07) is 17.3. The fourth-order valence-corrected chi connectivity index (χ4v) is 4.58. The molecule has 2 aromatic rings. The van der Waals surface area contributed by atoms with Crippen LogP contribution in [0.25, 0.3) is 16.9 Å². The molecule has 0 saturated heterocycles. The Morgan fingerprint density at radius 2 is 1.36 bits per heavy atom. The van der Waals surface area contributed by atoms with Gasteiger partial charge < -0.3 is 5.53 Å². The van der Waals surface area contributed by atoms with Gasteiger partial charge in [0.05, 0.1) is 5.57 Å². The minimum Gasteiger partial charge on any atom is -0.493 e. The van der Waals surface area contributed by atoms with Crippen molar-refractivity contribution in [2.75, 3.05) is 0 Å². The zero-order chi connectivity index (χ0) is 23.6. The maximum Gasteiger partial charge on any atom is 0.215 e. The molecule has 0 saturated carbocycles. The Morgan fingerprint density at radius 1 is 0.758 bits per heavy atom. The van der Waals surface area contributed by atoms with E-state index in [0.29, 0.717) is 0 Å². The van der Waals surface area contributed by atoms with Gasteiger partial charge in [-0.1, -0.05) is 83.4 Å². The van der Waals surface area contributed by atoms with Crippen molar-refractivity contribution in [3.8, 4) is 0 Å². The van der Waals surface area contributed by atoms with E-state index >= 15 is 0 Å². The van der Waals surface area contributed by atoms with E-state index in [9.17, 15) is 5.53 Å². The van der Waals surface area contributed by atoms with Crippen molar-refractivity contribution in [1.82, 2.24) is 0 Å².